The molecule has 0 saturated carbocycles. The van der Waals surface area contributed by atoms with E-state index in [1.807, 2.05) is 0 Å². The third-order valence-electron chi connectivity index (χ3n) is 2.60. The van der Waals surface area contributed by atoms with Crippen LogP contribution in [0.3, 0.4) is 0 Å². The molecule has 1 heterocycles. The van der Waals surface area contributed by atoms with Crippen LogP contribution in [0.1, 0.15) is 20.3 Å². The quantitative estimate of drug-likeness (QED) is 0.741. The molecule has 2 N–H and O–H groups in total. The fourth-order valence-corrected chi connectivity index (χ4v) is 3.63. The molecular weight excluding hydrogens is 200 g/mol. The first kappa shape index (κ1) is 11.9. The molecule has 1 fully saturated rings. The van der Waals surface area contributed by atoms with E-state index in [1.165, 1.54) is 0 Å². The zero-order chi connectivity index (χ0) is 10.8. The number of nitrogens with two attached hydrogens (primary N) is 1. The molecule has 2 atom stereocenters. The Balaban J connectivity index is 2.68. The van der Waals surface area contributed by atoms with Crippen LogP contribution in [-0.4, -0.2) is 38.1 Å². The predicted octanol–water partition coefficient (Wildman–Crippen LogP) is 0.253. The van der Waals surface area contributed by atoms with Crippen LogP contribution in [-0.2, 0) is 10.0 Å². The molecule has 2 unspecified atom stereocenters. The number of hydrogen-bond acceptors (Lipinski definition) is 3. The molecule has 1 rings (SSSR count). The second-order valence-corrected chi connectivity index (χ2v) is 6.46. The molecule has 84 valence electrons. The minimum absolute atomic E-state index is 0.0758. The topological polar surface area (TPSA) is 63.4 Å². The lowest BCUT2D eigenvalue weighted by molar-refractivity contribution is 0.222. The van der Waals surface area contributed by atoms with Crippen LogP contribution < -0.4 is 5.73 Å². The third kappa shape index (κ3) is 2.93. The van der Waals surface area contributed by atoms with Crippen molar-refractivity contribution in [2.45, 2.75) is 20.3 Å². The first-order chi connectivity index (χ1) is 6.45. The van der Waals surface area contributed by atoms with E-state index in [0.717, 1.165) is 6.42 Å². The zero-order valence-corrected chi connectivity index (χ0v) is 9.76. The molecule has 0 radical (unpaired) electrons. The average Bonchev–Trinajstić information content (AvgIpc) is 2.02. The Bertz CT molecular complexity index is 267. The van der Waals surface area contributed by atoms with Crippen molar-refractivity contribution in [3.8, 4) is 0 Å². The Kier molecular flexibility index (Phi) is 3.92. The second kappa shape index (κ2) is 4.59. The molecule has 0 aromatic carbocycles. The van der Waals surface area contributed by atoms with Crippen molar-refractivity contribution in [1.29, 1.82) is 0 Å². The molecule has 0 aliphatic carbocycles. The van der Waals surface area contributed by atoms with Gasteiger partial charge in [-0.15, -0.1) is 0 Å². The zero-order valence-electron chi connectivity index (χ0n) is 8.94. The highest BCUT2D eigenvalue weighted by atomic mass is 32.2. The summed E-state index contributed by atoms with van der Waals surface area (Å²) in [6, 6.07) is 0. The molecule has 1 aliphatic heterocycles. The largest absolute Gasteiger partial charge is 0.329 e. The van der Waals surface area contributed by atoms with Crippen molar-refractivity contribution in [1.82, 2.24) is 4.31 Å². The first-order valence-corrected chi connectivity index (χ1v) is 6.74. The van der Waals surface area contributed by atoms with Crippen LogP contribution in [0.25, 0.3) is 0 Å². The second-order valence-electron chi connectivity index (χ2n) is 4.37. The summed E-state index contributed by atoms with van der Waals surface area (Å²) in [5, 5.41) is 0. The number of hydrogen-bond donors (Lipinski definition) is 1. The van der Waals surface area contributed by atoms with Crippen molar-refractivity contribution in [3.05, 3.63) is 0 Å². The van der Waals surface area contributed by atoms with E-state index >= 15 is 0 Å². The molecule has 0 amide bonds. The van der Waals surface area contributed by atoms with Gasteiger partial charge in [0.25, 0.3) is 0 Å². The lowest BCUT2D eigenvalue weighted by atomic mass is 9.94. The van der Waals surface area contributed by atoms with Gasteiger partial charge in [-0.1, -0.05) is 13.8 Å². The first-order valence-electron chi connectivity index (χ1n) is 5.13. The minimum atomic E-state index is -3.09. The maximum absolute atomic E-state index is 11.7. The van der Waals surface area contributed by atoms with E-state index in [-0.39, 0.29) is 12.3 Å². The number of rotatable bonds is 3. The SMILES string of the molecule is CC1CC(C)CN(S(=O)(=O)CCN)C1. The van der Waals surface area contributed by atoms with E-state index in [9.17, 15) is 8.42 Å². The average molecular weight is 220 g/mol. The number of piperidine rings is 1. The van der Waals surface area contributed by atoms with Crippen molar-refractivity contribution >= 4 is 10.0 Å². The number of nitrogens with zero attached hydrogens (tertiary/aromatic N) is 1. The van der Waals surface area contributed by atoms with Crippen LogP contribution in [0.15, 0.2) is 0 Å². The van der Waals surface area contributed by atoms with Gasteiger partial charge in [0, 0.05) is 19.6 Å². The van der Waals surface area contributed by atoms with Gasteiger partial charge in [-0.25, -0.2) is 12.7 Å². The fraction of sp³-hybridized carbons (Fsp3) is 1.00. The van der Waals surface area contributed by atoms with Gasteiger partial charge in [0.05, 0.1) is 5.75 Å². The normalized spacial score (nSPS) is 30.5. The Morgan fingerprint density at radius 2 is 1.79 bits per heavy atom. The number of sulfonamides is 1. The van der Waals surface area contributed by atoms with Crippen molar-refractivity contribution in [2.75, 3.05) is 25.4 Å². The van der Waals surface area contributed by atoms with Gasteiger partial charge in [-0.05, 0) is 18.3 Å². The van der Waals surface area contributed by atoms with E-state index in [1.54, 1.807) is 4.31 Å². The molecule has 0 aromatic rings. The van der Waals surface area contributed by atoms with Gasteiger partial charge in [0.2, 0.25) is 10.0 Å². The lowest BCUT2D eigenvalue weighted by Crippen LogP contribution is -2.44. The van der Waals surface area contributed by atoms with Gasteiger partial charge < -0.3 is 5.73 Å². The molecule has 0 spiro atoms. The Morgan fingerprint density at radius 3 is 2.21 bits per heavy atom. The maximum Gasteiger partial charge on any atom is 0.215 e. The smallest absolute Gasteiger partial charge is 0.215 e. The molecule has 14 heavy (non-hydrogen) atoms. The maximum atomic E-state index is 11.7. The standard InChI is InChI=1S/C9H20N2O2S/c1-8-5-9(2)7-11(6-8)14(12,13)4-3-10/h8-9H,3-7,10H2,1-2H3. The summed E-state index contributed by atoms with van der Waals surface area (Å²) >= 11 is 0. The molecular formula is C9H20N2O2S. The van der Waals surface area contributed by atoms with Crippen molar-refractivity contribution in [3.63, 3.8) is 0 Å². The third-order valence-corrected chi connectivity index (χ3v) is 4.44. The van der Waals surface area contributed by atoms with Crippen molar-refractivity contribution in [2.24, 2.45) is 17.6 Å². The summed E-state index contributed by atoms with van der Waals surface area (Å²) in [6.07, 6.45) is 1.12. The molecule has 4 nitrogen and oxygen atoms in total. The van der Waals surface area contributed by atoms with Gasteiger partial charge in [0.1, 0.15) is 0 Å². The minimum Gasteiger partial charge on any atom is -0.329 e. The predicted molar refractivity (Wildman–Crippen MR) is 57.4 cm³/mol. The van der Waals surface area contributed by atoms with Gasteiger partial charge >= 0.3 is 0 Å². The molecule has 5 heteroatoms. The van der Waals surface area contributed by atoms with E-state index in [2.05, 4.69) is 13.8 Å². The summed E-state index contributed by atoms with van der Waals surface area (Å²) in [7, 11) is -3.09. The van der Waals surface area contributed by atoms with E-state index in [4.69, 9.17) is 5.73 Å². The fourth-order valence-electron chi connectivity index (χ4n) is 2.11. The van der Waals surface area contributed by atoms with Crippen LogP contribution >= 0.6 is 0 Å². The Labute approximate surface area is 86.5 Å². The van der Waals surface area contributed by atoms with E-state index < -0.39 is 10.0 Å². The van der Waals surface area contributed by atoms with Crippen LogP contribution in [0.2, 0.25) is 0 Å². The van der Waals surface area contributed by atoms with Crippen molar-refractivity contribution < 1.29 is 8.42 Å². The highest BCUT2D eigenvalue weighted by Gasteiger charge is 2.29. The van der Waals surface area contributed by atoms with Gasteiger partial charge in [-0.2, -0.15) is 0 Å². The summed E-state index contributed by atoms with van der Waals surface area (Å²) in [5.74, 6) is 1.00. The molecule has 0 bridgehead atoms. The Hall–Kier alpha value is -0.130. The van der Waals surface area contributed by atoms with Gasteiger partial charge in [0.15, 0.2) is 0 Å². The van der Waals surface area contributed by atoms with E-state index in [0.29, 0.717) is 24.9 Å². The van der Waals surface area contributed by atoms with Gasteiger partial charge in [-0.3, -0.25) is 0 Å². The summed E-state index contributed by atoms with van der Waals surface area (Å²) < 4.78 is 25.0. The summed E-state index contributed by atoms with van der Waals surface area (Å²) in [6.45, 7) is 5.72. The molecule has 0 aromatic heterocycles. The summed E-state index contributed by atoms with van der Waals surface area (Å²) in [4.78, 5) is 0. The molecule has 1 saturated heterocycles. The highest BCUT2D eigenvalue weighted by Crippen LogP contribution is 2.23. The lowest BCUT2D eigenvalue weighted by Gasteiger charge is -2.33. The monoisotopic (exact) mass is 220 g/mol. The summed E-state index contributed by atoms with van der Waals surface area (Å²) in [5.41, 5.74) is 5.28. The Morgan fingerprint density at radius 1 is 1.29 bits per heavy atom. The van der Waals surface area contributed by atoms with Crippen LogP contribution in [0.4, 0.5) is 0 Å². The molecule has 1 aliphatic rings. The van der Waals surface area contributed by atoms with Crippen LogP contribution in [0, 0.1) is 11.8 Å². The highest BCUT2D eigenvalue weighted by molar-refractivity contribution is 7.89. The van der Waals surface area contributed by atoms with Crippen LogP contribution in [0.5, 0.6) is 0 Å².